The van der Waals surface area contributed by atoms with Gasteiger partial charge in [-0.3, -0.25) is 19.2 Å². The third kappa shape index (κ3) is 9.99. The monoisotopic (exact) mass is 646 g/mol. The number of carbonyl (C=O) groups is 5. The zero-order valence-electron chi connectivity index (χ0n) is 28.6. The molecule has 3 N–H and O–H groups in total. The maximum Gasteiger partial charge on any atom is 0.326 e. The second-order valence-electron chi connectivity index (χ2n) is 12.7. The smallest absolute Gasteiger partial charge is 0.326 e. The first-order valence-corrected chi connectivity index (χ1v) is 16.2. The van der Waals surface area contributed by atoms with Crippen LogP contribution in [0.25, 0.3) is 0 Å². The molecule has 12 heteroatoms. The molecule has 1 aliphatic heterocycles. The highest BCUT2D eigenvalue weighted by molar-refractivity contribution is 5.86. The molecular weight excluding hydrogens is 592 g/mol. The van der Waals surface area contributed by atoms with E-state index in [1.807, 2.05) is 58.0 Å². The van der Waals surface area contributed by atoms with E-state index in [0.717, 1.165) is 12.0 Å². The average molecular weight is 647 g/mol. The largest absolute Gasteiger partial charge is 0.480 e. The molecule has 1 aliphatic rings. The number of nitrogens with zero attached hydrogens (tertiary/aromatic N) is 2. The van der Waals surface area contributed by atoms with Crippen LogP contribution in [0.15, 0.2) is 30.3 Å². The summed E-state index contributed by atoms with van der Waals surface area (Å²) in [5, 5.41) is 15.1. The molecule has 0 aromatic heterocycles. The quantitative estimate of drug-likeness (QED) is 0.194. The zero-order valence-corrected chi connectivity index (χ0v) is 28.6. The van der Waals surface area contributed by atoms with Crippen LogP contribution in [0.4, 0.5) is 0 Å². The molecule has 6 unspecified atom stereocenters. The fourth-order valence-corrected chi connectivity index (χ4v) is 6.50. The maximum absolute atomic E-state index is 13.9. The van der Waals surface area contributed by atoms with Crippen molar-refractivity contribution >= 4 is 30.1 Å². The van der Waals surface area contributed by atoms with Crippen LogP contribution < -0.4 is 10.6 Å². The van der Waals surface area contributed by atoms with Crippen molar-refractivity contribution in [1.29, 1.82) is 0 Å². The van der Waals surface area contributed by atoms with Crippen LogP contribution in [0.5, 0.6) is 0 Å². The van der Waals surface area contributed by atoms with Crippen LogP contribution in [0.1, 0.15) is 65.9 Å². The Bertz CT molecular complexity index is 1150. The molecule has 8 atom stereocenters. The summed E-state index contributed by atoms with van der Waals surface area (Å²) in [6.45, 7) is 9.88. The van der Waals surface area contributed by atoms with E-state index in [1.54, 1.807) is 23.8 Å². The molecule has 0 saturated carbocycles. The van der Waals surface area contributed by atoms with Crippen molar-refractivity contribution in [2.45, 2.75) is 103 Å². The predicted molar refractivity (Wildman–Crippen MR) is 174 cm³/mol. The molecule has 0 aliphatic carbocycles. The maximum atomic E-state index is 13.9. The van der Waals surface area contributed by atoms with Crippen molar-refractivity contribution in [3.05, 3.63) is 35.9 Å². The predicted octanol–water partition coefficient (Wildman–Crippen LogP) is 2.49. The third-order valence-corrected chi connectivity index (χ3v) is 9.34. The molecule has 4 amide bonds. The number of ether oxygens (including phenoxy) is 2. The number of methoxy groups -OCH3 is 2. The second-order valence-corrected chi connectivity index (χ2v) is 12.7. The van der Waals surface area contributed by atoms with Gasteiger partial charge in [-0.1, -0.05) is 71.4 Å². The van der Waals surface area contributed by atoms with Gasteiger partial charge in [0, 0.05) is 34.2 Å². The molecule has 2 rings (SSSR count). The van der Waals surface area contributed by atoms with Crippen LogP contribution in [-0.2, 0) is 39.9 Å². The highest BCUT2D eigenvalue weighted by Gasteiger charge is 2.43. The van der Waals surface area contributed by atoms with E-state index in [-0.39, 0.29) is 36.5 Å². The lowest BCUT2D eigenvalue weighted by Gasteiger charge is -2.40. The first-order chi connectivity index (χ1) is 21.8. The number of amides is 4. The van der Waals surface area contributed by atoms with Crippen molar-refractivity contribution < 1.29 is 38.6 Å². The van der Waals surface area contributed by atoms with E-state index >= 15 is 0 Å². The lowest BCUT2D eigenvalue weighted by molar-refractivity contribution is -0.148. The first-order valence-electron chi connectivity index (χ1n) is 16.2. The Kier molecular flexibility index (Phi) is 15.6. The highest BCUT2D eigenvalue weighted by Crippen LogP contribution is 2.29. The van der Waals surface area contributed by atoms with Crippen molar-refractivity contribution in [3.8, 4) is 0 Å². The van der Waals surface area contributed by atoms with Gasteiger partial charge in [-0.05, 0) is 30.2 Å². The lowest BCUT2D eigenvalue weighted by atomic mass is 9.89. The van der Waals surface area contributed by atoms with E-state index in [0.29, 0.717) is 25.8 Å². The molecule has 1 saturated heterocycles. The van der Waals surface area contributed by atoms with Gasteiger partial charge in [0.1, 0.15) is 12.1 Å². The Morgan fingerprint density at radius 1 is 1.09 bits per heavy atom. The summed E-state index contributed by atoms with van der Waals surface area (Å²) >= 11 is 0. The summed E-state index contributed by atoms with van der Waals surface area (Å²) in [5.41, 5.74) is 0.786. The van der Waals surface area contributed by atoms with Crippen LogP contribution in [0.3, 0.4) is 0 Å². The number of likely N-dealkylation sites (tertiary alicyclic amines) is 1. The van der Waals surface area contributed by atoms with Gasteiger partial charge in [0.15, 0.2) is 0 Å². The summed E-state index contributed by atoms with van der Waals surface area (Å²) in [6.07, 6.45) is 1.43. The fourth-order valence-electron chi connectivity index (χ4n) is 6.50. The number of carbonyl (C=O) groups excluding carboxylic acids is 4. The number of carboxylic acids is 1. The molecule has 1 aromatic rings. The third-order valence-electron chi connectivity index (χ3n) is 9.34. The molecule has 46 heavy (non-hydrogen) atoms. The van der Waals surface area contributed by atoms with Gasteiger partial charge < -0.3 is 35.0 Å². The van der Waals surface area contributed by atoms with E-state index in [1.165, 1.54) is 14.2 Å². The molecule has 1 aromatic carbocycles. The molecule has 0 bridgehead atoms. The Balaban J connectivity index is 2.22. The molecule has 0 spiro atoms. The number of nitrogens with one attached hydrogen (secondary N) is 2. The van der Waals surface area contributed by atoms with Gasteiger partial charge in [0.2, 0.25) is 24.1 Å². The summed E-state index contributed by atoms with van der Waals surface area (Å²) in [4.78, 5) is 67.3. The number of likely N-dealkylation sites (N-methyl/N-ethyl adjacent to an activating group) is 1. The van der Waals surface area contributed by atoms with Crippen LogP contribution in [0.2, 0.25) is 0 Å². The van der Waals surface area contributed by atoms with E-state index in [4.69, 9.17) is 9.47 Å². The Morgan fingerprint density at radius 3 is 2.26 bits per heavy atom. The number of hydrogen-bond donors (Lipinski definition) is 3. The minimum Gasteiger partial charge on any atom is -0.480 e. The van der Waals surface area contributed by atoms with Crippen LogP contribution >= 0.6 is 0 Å². The summed E-state index contributed by atoms with van der Waals surface area (Å²) in [5.74, 6) is -2.94. The molecule has 0 radical (unpaired) electrons. The first kappa shape index (κ1) is 38.7. The topological polar surface area (TPSA) is 155 Å². The molecule has 12 nitrogen and oxygen atoms in total. The number of aliphatic carboxylic acids is 1. The zero-order chi connectivity index (χ0) is 34.6. The Hall–Kier alpha value is -3.51. The van der Waals surface area contributed by atoms with Crippen molar-refractivity contribution in [2.75, 3.05) is 27.8 Å². The van der Waals surface area contributed by atoms with E-state index in [2.05, 4.69) is 10.6 Å². The summed E-state index contributed by atoms with van der Waals surface area (Å²) in [7, 11) is 4.69. The standard InChI is InChI=1S/C34H54N4O8/c1-9-22(4)30(37(6)33(42)29(21(2)3)35-20-39)27(45-7)19-28(40)38-17-13-16-26(38)31(46-8)23(5)32(41)36-25(34(43)44)18-24-14-11-10-12-15-24/h10-12,14-15,20-23,25-27,29-31H,9,13,16-19H2,1-8H3,(H,35,39)(H,36,41)(H,43,44)/t22?,23?,25-,26?,27?,29-,30?,31?/m0/s1. The Morgan fingerprint density at radius 2 is 1.74 bits per heavy atom. The number of hydrogen-bond acceptors (Lipinski definition) is 7. The van der Waals surface area contributed by atoms with Crippen LogP contribution in [0, 0.1) is 17.8 Å². The molecule has 1 heterocycles. The van der Waals surface area contributed by atoms with Gasteiger partial charge >= 0.3 is 5.97 Å². The van der Waals surface area contributed by atoms with Gasteiger partial charge in [-0.15, -0.1) is 0 Å². The van der Waals surface area contributed by atoms with Gasteiger partial charge in [-0.2, -0.15) is 0 Å². The SMILES string of the molecule is CCC(C)C(C(CC(=O)N1CCCC1C(OC)C(C)C(=O)N[C@@H](Cc1ccccc1)C(=O)O)OC)N(C)C(=O)[C@@H](NC=O)C(C)C. The van der Waals surface area contributed by atoms with E-state index in [9.17, 15) is 29.1 Å². The van der Waals surface area contributed by atoms with Crippen LogP contribution in [-0.4, -0.2) is 109 Å². The van der Waals surface area contributed by atoms with Gasteiger partial charge in [-0.25, -0.2) is 4.79 Å². The van der Waals surface area contributed by atoms with Crippen molar-refractivity contribution in [2.24, 2.45) is 17.8 Å². The molecule has 1 fully saturated rings. The fraction of sp³-hybridized carbons (Fsp3) is 0.676. The summed E-state index contributed by atoms with van der Waals surface area (Å²) in [6, 6.07) is 6.40. The summed E-state index contributed by atoms with van der Waals surface area (Å²) < 4.78 is 11.7. The Labute approximate surface area is 273 Å². The normalized spacial score (nSPS) is 19.3. The molecule has 258 valence electrons. The van der Waals surface area contributed by atoms with Crippen molar-refractivity contribution in [3.63, 3.8) is 0 Å². The van der Waals surface area contributed by atoms with E-state index < -0.39 is 54.2 Å². The minimum atomic E-state index is -1.14. The number of carboxylic acid groups (broad SMARTS) is 1. The number of benzene rings is 1. The molecular formula is C34H54N4O8. The second kappa shape index (κ2) is 18.6. The van der Waals surface area contributed by atoms with Gasteiger partial charge in [0.25, 0.3) is 0 Å². The average Bonchev–Trinajstić information content (AvgIpc) is 3.52. The van der Waals surface area contributed by atoms with Gasteiger partial charge in [0.05, 0.1) is 36.6 Å². The van der Waals surface area contributed by atoms with Crippen molar-refractivity contribution in [1.82, 2.24) is 20.4 Å². The minimum absolute atomic E-state index is 0.00224. The highest BCUT2D eigenvalue weighted by atomic mass is 16.5. The number of rotatable bonds is 19. The lowest BCUT2D eigenvalue weighted by Crippen LogP contribution is -2.57.